The van der Waals surface area contributed by atoms with Crippen LogP contribution in [0.15, 0.2) is 42.5 Å². The number of benzene rings is 2. The molecule has 0 saturated carbocycles. The summed E-state index contributed by atoms with van der Waals surface area (Å²) in [5, 5.41) is 2.95. The highest BCUT2D eigenvalue weighted by Crippen LogP contribution is 2.28. The van der Waals surface area contributed by atoms with Crippen LogP contribution in [0.4, 0.5) is 0 Å². The lowest BCUT2D eigenvalue weighted by molar-refractivity contribution is -0.140. The molecule has 0 heterocycles. The molecule has 0 aliphatic rings. The molecule has 0 saturated heterocycles. The van der Waals surface area contributed by atoms with Crippen molar-refractivity contribution in [2.24, 2.45) is 5.92 Å². The second-order valence-corrected chi connectivity index (χ2v) is 8.51. The third-order valence-electron chi connectivity index (χ3n) is 5.40. The normalized spacial score (nSPS) is 11.7. The summed E-state index contributed by atoms with van der Waals surface area (Å²) in [6.45, 7) is 8.88. The van der Waals surface area contributed by atoms with Gasteiger partial charge in [0.05, 0.1) is 14.2 Å². The van der Waals surface area contributed by atoms with Gasteiger partial charge in [0.25, 0.3) is 0 Å². The van der Waals surface area contributed by atoms with Crippen molar-refractivity contribution in [1.82, 2.24) is 10.2 Å². The Kier molecular flexibility index (Phi) is 9.57. The predicted molar refractivity (Wildman–Crippen MR) is 127 cm³/mol. The van der Waals surface area contributed by atoms with E-state index in [2.05, 4.69) is 5.32 Å². The molecule has 2 aromatic rings. The molecule has 1 atom stereocenters. The molecule has 2 rings (SSSR count). The van der Waals surface area contributed by atoms with Gasteiger partial charge in [0, 0.05) is 19.5 Å². The number of nitrogens with one attached hydrogen (secondary N) is 1. The first-order valence-corrected chi connectivity index (χ1v) is 11.1. The van der Waals surface area contributed by atoms with Crippen molar-refractivity contribution < 1.29 is 19.1 Å². The van der Waals surface area contributed by atoms with E-state index in [1.807, 2.05) is 63.2 Å². The van der Waals surface area contributed by atoms with Crippen molar-refractivity contribution in [1.29, 1.82) is 0 Å². The number of hydrogen-bond acceptors (Lipinski definition) is 4. The monoisotopic (exact) mass is 440 g/mol. The summed E-state index contributed by atoms with van der Waals surface area (Å²) in [5.74, 6) is 1.43. The molecule has 0 radical (unpaired) electrons. The van der Waals surface area contributed by atoms with Crippen LogP contribution in [0.25, 0.3) is 0 Å². The van der Waals surface area contributed by atoms with Gasteiger partial charge in [0.15, 0.2) is 11.5 Å². The molecule has 0 spiro atoms. The third-order valence-corrected chi connectivity index (χ3v) is 5.40. The number of amides is 2. The Bertz CT molecular complexity index is 893. The number of ether oxygens (including phenoxy) is 2. The fourth-order valence-electron chi connectivity index (χ4n) is 3.36. The summed E-state index contributed by atoms with van der Waals surface area (Å²) in [6.07, 6.45) is 0.840. The summed E-state index contributed by atoms with van der Waals surface area (Å²) >= 11 is 0. The fourth-order valence-corrected chi connectivity index (χ4v) is 3.36. The van der Waals surface area contributed by atoms with Gasteiger partial charge in [-0.25, -0.2) is 0 Å². The molecule has 6 heteroatoms. The molecule has 0 bridgehead atoms. The summed E-state index contributed by atoms with van der Waals surface area (Å²) in [4.78, 5) is 27.6. The lowest BCUT2D eigenvalue weighted by atomic mass is 10.1. The Morgan fingerprint density at radius 3 is 2.16 bits per heavy atom. The molecule has 0 aliphatic heterocycles. The summed E-state index contributed by atoms with van der Waals surface area (Å²) < 4.78 is 10.6. The van der Waals surface area contributed by atoms with Gasteiger partial charge in [-0.15, -0.1) is 0 Å². The average molecular weight is 441 g/mol. The molecule has 2 aromatic carbocycles. The van der Waals surface area contributed by atoms with Crippen molar-refractivity contribution in [2.75, 3.05) is 20.8 Å². The first kappa shape index (κ1) is 25.2. The molecule has 1 N–H and O–H groups in total. The number of rotatable bonds is 11. The maximum atomic E-state index is 13.2. The first-order valence-electron chi connectivity index (χ1n) is 11.1. The van der Waals surface area contributed by atoms with Gasteiger partial charge in [0.1, 0.15) is 6.04 Å². The Morgan fingerprint density at radius 1 is 0.938 bits per heavy atom. The standard InChI is InChI=1S/C26H36N2O4/c1-18(2)16-27-26(30)20(4)28(17-22-9-7-19(3)8-10-22)25(29)14-12-21-11-13-23(31-5)24(15-21)32-6/h7-11,13,15,18,20H,12,14,16-17H2,1-6H3,(H,27,30)/t20-/m0/s1. The molecular weight excluding hydrogens is 404 g/mol. The molecule has 0 fully saturated rings. The molecule has 0 unspecified atom stereocenters. The molecule has 0 aromatic heterocycles. The van der Waals surface area contributed by atoms with Gasteiger partial charge < -0.3 is 19.7 Å². The first-order chi connectivity index (χ1) is 15.2. The van der Waals surface area contributed by atoms with Crippen molar-refractivity contribution in [3.63, 3.8) is 0 Å². The van der Waals surface area contributed by atoms with Crippen LogP contribution < -0.4 is 14.8 Å². The number of carbonyl (C=O) groups excluding carboxylic acids is 2. The van der Waals surface area contributed by atoms with Crippen LogP contribution >= 0.6 is 0 Å². The van der Waals surface area contributed by atoms with Gasteiger partial charge in [-0.3, -0.25) is 9.59 Å². The highest BCUT2D eigenvalue weighted by atomic mass is 16.5. The number of carbonyl (C=O) groups is 2. The van der Waals surface area contributed by atoms with E-state index in [4.69, 9.17) is 9.47 Å². The Morgan fingerprint density at radius 2 is 1.56 bits per heavy atom. The van der Waals surface area contributed by atoms with Gasteiger partial charge in [-0.2, -0.15) is 0 Å². The van der Waals surface area contributed by atoms with Crippen molar-refractivity contribution in [3.05, 3.63) is 59.2 Å². The number of hydrogen-bond donors (Lipinski definition) is 1. The molecule has 2 amide bonds. The lowest BCUT2D eigenvalue weighted by Gasteiger charge is -2.29. The Labute approximate surface area is 191 Å². The van der Waals surface area contributed by atoms with E-state index in [-0.39, 0.29) is 11.8 Å². The van der Waals surface area contributed by atoms with E-state index < -0.39 is 6.04 Å². The highest BCUT2D eigenvalue weighted by molar-refractivity contribution is 5.87. The number of aryl methyl sites for hydroxylation is 2. The minimum atomic E-state index is -0.562. The fraction of sp³-hybridized carbons (Fsp3) is 0.462. The van der Waals surface area contributed by atoms with Crippen molar-refractivity contribution >= 4 is 11.8 Å². The zero-order chi connectivity index (χ0) is 23.7. The quantitative estimate of drug-likeness (QED) is 0.570. The topological polar surface area (TPSA) is 67.9 Å². The van der Waals surface area contributed by atoms with E-state index in [0.29, 0.717) is 43.3 Å². The average Bonchev–Trinajstić information content (AvgIpc) is 2.79. The zero-order valence-corrected chi connectivity index (χ0v) is 20.1. The summed E-state index contributed by atoms with van der Waals surface area (Å²) in [5.41, 5.74) is 3.13. The highest BCUT2D eigenvalue weighted by Gasteiger charge is 2.26. The molecule has 32 heavy (non-hydrogen) atoms. The van der Waals surface area contributed by atoms with E-state index in [1.54, 1.807) is 26.0 Å². The second-order valence-electron chi connectivity index (χ2n) is 8.51. The lowest BCUT2D eigenvalue weighted by Crippen LogP contribution is -2.48. The minimum Gasteiger partial charge on any atom is -0.493 e. The maximum absolute atomic E-state index is 13.2. The van der Waals surface area contributed by atoms with E-state index in [1.165, 1.54) is 0 Å². The maximum Gasteiger partial charge on any atom is 0.242 e. The third kappa shape index (κ3) is 7.29. The van der Waals surface area contributed by atoms with Gasteiger partial charge >= 0.3 is 0 Å². The number of nitrogens with zero attached hydrogens (tertiary/aromatic N) is 1. The van der Waals surface area contributed by atoms with Crippen LogP contribution in [0, 0.1) is 12.8 Å². The van der Waals surface area contributed by atoms with Crippen LogP contribution in [-0.4, -0.2) is 43.5 Å². The SMILES string of the molecule is COc1ccc(CCC(=O)N(Cc2ccc(C)cc2)[C@@H](C)C(=O)NCC(C)C)cc1OC. The Hall–Kier alpha value is -3.02. The van der Waals surface area contributed by atoms with E-state index in [0.717, 1.165) is 16.7 Å². The predicted octanol–water partition coefficient (Wildman–Crippen LogP) is 4.13. The van der Waals surface area contributed by atoms with Gasteiger partial charge in [0.2, 0.25) is 11.8 Å². The molecular formula is C26H36N2O4. The molecule has 174 valence electrons. The summed E-state index contributed by atoms with van der Waals surface area (Å²) in [6, 6.07) is 13.1. The van der Waals surface area contributed by atoms with Crippen LogP contribution in [-0.2, 0) is 22.6 Å². The van der Waals surface area contributed by atoms with Gasteiger partial charge in [-0.05, 0) is 49.4 Å². The van der Waals surface area contributed by atoms with E-state index in [9.17, 15) is 9.59 Å². The van der Waals surface area contributed by atoms with Crippen molar-refractivity contribution in [3.8, 4) is 11.5 Å². The minimum absolute atomic E-state index is 0.0624. The molecule has 6 nitrogen and oxygen atoms in total. The smallest absolute Gasteiger partial charge is 0.242 e. The summed E-state index contributed by atoms with van der Waals surface area (Å²) in [7, 11) is 3.18. The van der Waals surface area contributed by atoms with Crippen LogP contribution in [0.3, 0.4) is 0 Å². The second kappa shape index (κ2) is 12.1. The van der Waals surface area contributed by atoms with E-state index >= 15 is 0 Å². The number of methoxy groups -OCH3 is 2. The van der Waals surface area contributed by atoms with Crippen molar-refractivity contribution in [2.45, 2.75) is 53.1 Å². The van der Waals surface area contributed by atoms with Gasteiger partial charge in [-0.1, -0.05) is 49.7 Å². The molecule has 0 aliphatic carbocycles. The van der Waals surface area contributed by atoms with Crippen LogP contribution in [0.2, 0.25) is 0 Å². The van der Waals surface area contributed by atoms with Crippen LogP contribution in [0.5, 0.6) is 11.5 Å². The Balaban J connectivity index is 2.15. The largest absolute Gasteiger partial charge is 0.493 e. The van der Waals surface area contributed by atoms with Crippen LogP contribution in [0.1, 0.15) is 43.9 Å². The zero-order valence-electron chi connectivity index (χ0n) is 20.1.